The molecule has 0 aromatic carbocycles. The predicted molar refractivity (Wildman–Crippen MR) is 105 cm³/mol. The van der Waals surface area contributed by atoms with Crippen molar-refractivity contribution in [2.24, 2.45) is 5.92 Å². The minimum absolute atomic E-state index is 0.0284. The van der Waals surface area contributed by atoms with Gasteiger partial charge >= 0.3 is 12.2 Å². The van der Waals surface area contributed by atoms with E-state index in [9.17, 15) is 9.59 Å². The SMILES string of the molecule is CC(C)NC(=O)O[C@@H]1CCCN(CC2CCN(C(=O)OC(C)(C)C)CC2)C1. The van der Waals surface area contributed by atoms with Crippen LogP contribution in [0.1, 0.15) is 60.3 Å². The summed E-state index contributed by atoms with van der Waals surface area (Å²) in [7, 11) is 0. The second-order valence-electron chi connectivity index (χ2n) is 9.14. The number of ether oxygens (including phenoxy) is 2. The molecule has 0 aromatic heterocycles. The van der Waals surface area contributed by atoms with Crippen molar-refractivity contribution in [3.8, 4) is 0 Å². The Balaban J connectivity index is 1.72. The fraction of sp³-hybridized carbons (Fsp3) is 0.900. The fourth-order valence-electron chi connectivity index (χ4n) is 3.69. The minimum Gasteiger partial charge on any atom is -0.445 e. The molecule has 2 aliphatic heterocycles. The number of piperidine rings is 2. The van der Waals surface area contributed by atoms with E-state index in [4.69, 9.17) is 9.47 Å². The summed E-state index contributed by atoms with van der Waals surface area (Å²) in [4.78, 5) is 28.2. The Kier molecular flexibility index (Phi) is 7.77. The van der Waals surface area contributed by atoms with E-state index in [1.165, 1.54) is 0 Å². The number of hydrogen-bond acceptors (Lipinski definition) is 5. The molecule has 1 N–H and O–H groups in total. The summed E-state index contributed by atoms with van der Waals surface area (Å²) < 4.78 is 11.0. The molecule has 27 heavy (non-hydrogen) atoms. The van der Waals surface area contributed by atoms with Gasteiger partial charge in [0.15, 0.2) is 0 Å². The zero-order valence-electron chi connectivity index (χ0n) is 17.6. The average molecular weight is 384 g/mol. The van der Waals surface area contributed by atoms with Crippen LogP contribution in [-0.2, 0) is 9.47 Å². The Bertz CT molecular complexity index is 496. The van der Waals surface area contributed by atoms with Gasteiger partial charge < -0.3 is 19.7 Å². The number of likely N-dealkylation sites (tertiary alicyclic amines) is 2. The molecule has 156 valence electrons. The molecule has 0 radical (unpaired) electrons. The van der Waals surface area contributed by atoms with Crippen molar-refractivity contribution in [2.45, 2.75) is 78.0 Å². The summed E-state index contributed by atoms with van der Waals surface area (Å²) in [6, 6.07) is 0.0901. The summed E-state index contributed by atoms with van der Waals surface area (Å²) in [5.74, 6) is 0.576. The molecule has 0 aliphatic carbocycles. The van der Waals surface area contributed by atoms with Crippen LogP contribution in [0.2, 0.25) is 0 Å². The van der Waals surface area contributed by atoms with Crippen LogP contribution in [0.15, 0.2) is 0 Å². The maximum Gasteiger partial charge on any atom is 0.410 e. The van der Waals surface area contributed by atoms with Gasteiger partial charge in [-0.2, -0.15) is 0 Å². The highest BCUT2D eigenvalue weighted by molar-refractivity contribution is 5.68. The Morgan fingerprint density at radius 3 is 2.37 bits per heavy atom. The lowest BCUT2D eigenvalue weighted by atomic mass is 9.95. The van der Waals surface area contributed by atoms with Gasteiger partial charge in [-0.25, -0.2) is 9.59 Å². The highest BCUT2D eigenvalue weighted by Crippen LogP contribution is 2.23. The monoisotopic (exact) mass is 383 g/mol. The van der Waals surface area contributed by atoms with Crippen LogP contribution in [0.4, 0.5) is 9.59 Å². The van der Waals surface area contributed by atoms with Gasteiger partial charge in [0.1, 0.15) is 11.7 Å². The first-order chi connectivity index (χ1) is 12.6. The van der Waals surface area contributed by atoms with E-state index in [-0.39, 0.29) is 24.3 Å². The number of amides is 2. The molecule has 2 fully saturated rings. The van der Waals surface area contributed by atoms with Gasteiger partial charge in [-0.05, 0) is 72.8 Å². The minimum atomic E-state index is -0.446. The quantitative estimate of drug-likeness (QED) is 0.807. The molecule has 2 amide bonds. The maximum atomic E-state index is 12.2. The summed E-state index contributed by atoms with van der Waals surface area (Å²) in [5.41, 5.74) is -0.446. The van der Waals surface area contributed by atoms with E-state index in [0.717, 1.165) is 58.4 Å². The van der Waals surface area contributed by atoms with E-state index in [2.05, 4.69) is 10.2 Å². The molecule has 0 spiro atoms. The standard InChI is InChI=1S/C20H37N3O4/c1-15(2)21-18(24)26-17-7-6-10-22(14-17)13-16-8-11-23(12-9-16)19(25)27-20(3,4)5/h15-17H,6-14H2,1-5H3,(H,21,24)/t17-/m1/s1. The van der Waals surface area contributed by atoms with Gasteiger partial charge in [-0.1, -0.05) is 0 Å². The summed E-state index contributed by atoms with van der Waals surface area (Å²) in [6.07, 6.45) is 3.42. The Hall–Kier alpha value is -1.50. The molecular weight excluding hydrogens is 346 g/mol. The molecule has 0 saturated carbocycles. The van der Waals surface area contributed by atoms with Crippen molar-refractivity contribution in [2.75, 3.05) is 32.7 Å². The smallest absolute Gasteiger partial charge is 0.410 e. The highest BCUT2D eigenvalue weighted by Gasteiger charge is 2.29. The van der Waals surface area contributed by atoms with Gasteiger partial charge in [0.25, 0.3) is 0 Å². The molecule has 2 heterocycles. The second kappa shape index (κ2) is 9.62. The van der Waals surface area contributed by atoms with Crippen LogP contribution in [0.25, 0.3) is 0 Å². The van der Waals surface area contributed by atoms with Gasteiger partial charge in [0.2, 0.25) is 0 Å². The first-order valence-electron chi connectivity index (χ1n) is 10.3. The zero-order valence-corrected chi connectivity index (χ0v) is 17.6. The molecule has 0 unspecified atom stereocenters. The van der Waals surface area contributed by atoms with E-state index in [0.29, 0.717) is 5.92 Å². The third-order valence-electron chi connectivity index (χ3n) is 4.93. The first-order valence-corrected chi connectivity index (χ1v) is 10.3. The van der Waals surface area contributed by atoms with Crippen LogP contribution in [0.5, 0.6) is 0 Å². The summed E-state index contributed by atoms with van der Waals surface area (Å²) in [6.45, 7) is 13.9. The van der Waals surface area contributed by atoms with Crippen molar-refractivity contribution in [3.63, 3.8) is 0 Å². The van der Waals surface area contributed by atoms with Crippen molar-refractivity contribution >= 4 is 12.2 Å². The molecule has 2 saturated heterocycles. The van der Waals surface area contributed by atoms with Crippen LogP contribution in [-0.4, -0.2) is 72.5 Å². The van der Waals surface area contributed by atoms with Crippen molar-refractivity contribution in [3.05, 3.63) is 0 Å². The summed E-state index contributed by atoms with van der Waals surface area (Å²) in [5, 5.41) is 2.79. The Labute approximate surface area is 163 Å². The number of hydrogen-bond donors (Lipinski definition) is 1. The lowest BCUT2D eigenvalue weighted by molar-refractivity contribution is 0.0127. The van der Waals surface area contributed by atoms with Gasteiger partial charge in [-0.15, -0.1) is 0 Å². The number of carbonyl (C=O) groups is 2. The Morgan fingerprint density at radius 2 is 1.78 bits per heavy atom. The normalized spacial score (nSPS) is 22.6. The highest BCUT2D eigenvalue weighted by atomic mass is 16.6. The topological polar surface area (TPSA) is 71.1 Å². The van der Waals surface area contributed by atoms with Gasteiger partial charge in [0, 0.05) is 32.2 Å². The lowest BCUT2D eigenvalue weighted by Crippen LogP contribution is -2.47. The predicted octanol–water partition coefficient (Wildman–Crippen LogP) is 3.23. The zero-order chi connectivity index (χ0) is 20.0. The third-order valence-corrected chi connectivity index (χ3v) is 4.93. The molecule has 7 nitrogen and oxygen atoms in total. The largest absolute Gasteiger partial charge is 0.445 e. The molecule has 2 rings (SSSR count). The molecule has 0 aromatic rings. The third kappa shape index (κ3) is 7.95. The van der Waals surface area contributed by atoms with Crippen LogP contribution in [0, 0.1) is 5.92 Å². The molecule has 1 atom stereocenters. The maximum absolute atomic E-state index is 12.2. The number of rotatable bonds is 4. The van der Waals surface area contributed by atoms with Crippen molar-refractivity contribution < 1.29 is 19.1 Å². The Morgan fingerprint density at radius 1 is 1.11 bits per heavy atom. The first kappa shape index (κ1) is 21.8. The second-order valence-corrected chi connectivity index (χ2v) is 9.14. The van der Waals surface area contributed by atoms with E-state index >= 15 is 0 Å². The number of alkyl carbamates (subject to hydrolysis) is 1. The molecule has 2 aliphatic rings. The number of carbonyl (C=O) groups excluding carboxylic acids is 2. The number of nitrogens with zero attached hydrogens (tertiary/aromatic N) is 2. The van der Waals surface area contributed by atoms with Gasteiger partial charge in [0.05, 0.1) is 0 Å². The van der Waals surface area contributed by atoms with Crippen LogP contribution in [0.3, 0.4) is 0 Å². The van der Waals surface area contributed by atoms with E-state index < -0.39 is 5.60 Å². The average Bonchev–Trinajstić information content (AvgIpc) is 2.53. The van der Waals surface area contributed by atoms with Crippen molar-refractivity contribution in [1.82, 2.24) is 15.1 Å². The lowest BCUT2D eigenvalue weighted by Gasteiger charge is -2.38. The molecule has 7 heteroatoms. The number of nitrogens with one attached hydrogen (secondary N) is 1. The van der Waals surface area contributed by atoms with E-state index in [1.54, 1.807) is 0 Å². The fourth-order valence-corrected chi connectivity index (χ4v) is 3.69. The van der Waals surface area contributed by atoms with Crippen LogP contribution >= 0.6 is 0 Å². The van der Waals surface area contributed by atoms with Crippen molar-refractivity contribution in [1.29, 1.82) is 0 Å². The van der Waals surface area contributed by atoms with E-state index in [1.807, 2.05) is 39.5 Å². The van der Waals surface area contributed by atoms with Crippen LogP contribution < -0.4 is 5.32 Å². The molecule has 0 bridgehead atoms. The molecular formula is C20H37N3O4. The van der Waals surface area contributed by atoms with Gasteiger partial charge in [-0.3, -0.25) is 4.90 Å². The summed E-state index contributed by atoms with van der Waals surface area (Å²) >= 11 is 0.